The first-order valence-electron chi connectivity index (χ1n) is 6.34. The van der Waals surface area contributed by atoms with Gasteiger partial charge in [-0.2, -0.15) is 13.2 Å². The summed E-state index contributed by atoms with van der Waals surface area (Å²) in [6, 6.07) is 1.39. The topological polar surface area (TPSA) is 53.4 Å². The zero-order valence-corrected chi connectivity index (χ0v) is 11.2. The van der Waals surface area contributed by atoms with Gasteiger partial charge in [-0.3, -0.25) is 0 Å². The minimum absolute atomic E-state index is 0.00314. The summed E-state index contributed by atoms with van der Waals surface area (Å²) < 4.78 is 51.6. The molecule has 0 aromatic carbocycles. The number of hydrogen-bond acceptors (Lipinski definition) is 3. The van der Waals surface area contributed by atoms with E-state index >= 15 is 0 Å². The van der Waals surface area contributed by atoms with Gasteiger partial charge < -0.3 is 10.0 Å². The van der Waals surface area contributed by atoms with Gasteiger partial charge in [0.1, 0.15) is 5.82 Å². The van der Waals surface area contributed by atoms with Crippen LogP contribution in [0.15, 0.2) is 12.3 Å². The maximum atomic E-state index is 13.8. The van der Waals surface area contributed by atoms with Gasteiger partial charge in [0.2, 0.25) is 5.67 Å². The SMILES string of the molecule is Cc1cc(C(=O)O)cnc1N1CCC(F)(C(F)(F)F)CC1. The van der Waals surface area contributed by atoms with Crippen LogP contribution in [0.1, 0.15) is 28.8 Å². The first kappa shape index (κ1) is 15.5. The minimum Gasteiger partial charge on any atom is -0.478 e. The maximum absolute atomic E-state index is 13.8. The largest absolute Gasteiger partial charge is 0.478 e. The van der Waals surface area contributed by atoms with Crippen LogP contribution in [-0.2, 0) is 0 Å². The highest BCUT2D eigenvalue weighted by Crippen LogP contribution is 2.42. The van der Waals surface area contributed by atoms with E-state index in [-0.39, 0.29) is 18.7 Å². The molecule has 2 heterocycles. The average molecular weight is 306 g/mol. The molecule has 0 saturated carbocycles. The molecule has 0 radical (unpaired) electrons. The third-order valence-electron chi connectivity index (χ3n) is 3.66. The van der Waals surface area contributed by atoms with Crippen LogP contribution in [-0.4, -0.2) is 41.0 Å². The molecule has 2 rings (SSSR count). The molecule has 0 atom stereocenters. The van der Waals surface area contributed by atoms with Crippen LogP contribution in [0.3, 0.4) is 0 Å². The number of carbonyl (C=O) groups is 1. The Morgan fingerprint density at radius 1 is 1.38 bits per heavy atom. The summed E-state index contributed by atoms with van der Waals surface area (Å²) in [5, 5.41) is 8.84. The van der Waals surface area contributed by atoms with Crippen molar-refractivity contribution in [1.82, 2.24) is 4.98 Å². The Kier molecular flexibility index (Phi) is 3.81. The molecule has 8 heteroatoms. The molecule has 0 aliphatic carbocycles. The second-order valence-electron chi connectivity index (χ2n) is 5.12. The number of pyridine rings is 1. The number of carboxylic acids is 1. The fraction of sp³-hybridized carbons (Fsp3) is 0.538. The standard InChI is InChI=1S/C13H14F4N2O2/c1-8-6-9(11(20)21)7-18-10(8)19-4-2-12(14,3-5-19)13(15,16)17/h6-7H,2-5H2,1H3,(H,20,21). The van der Waals surface area contributed by atoms with E-state index < -0.39 is 30.7 Å². The van der Waals surface area contributed by atoms with Crippen LogP contribution in [0.4, 0.5) is 23.4 Å². The number of aryl methyl sites for hydroxylation is 1. The number of alkyl halides is 4. The number of piperidine rings is 1. The molecule has 1 aromatic rings. The van der Waals surface area contributed by atoms with Crippen molar-refractivity contribution in [3.05, 3.63) is 23.4 Å². The summed E-state index contributed by atoms with van der Waals surface area (Å²) in [4.78, 5) is 16.3. The van der Waals surface area contributed by atoms with Crippen LogP contribution in [0.25, 0.3) is 0 Å². The van der Waals surface area contributed by atoms with E-state index in [4.69, 9.17) is 5.11 Å². The molecule has 0 amide bonds. The van der Waals surface area contributed by atoms with Crippen LogP contribution < -0.4 is 4.90 Å². The van der Waals surface area contributed by atoms with E-state index in [1.165, 1.54) is 6.07 Å². The maximum Gasteiger partial charge on any atom is 0.422 e. The second kappa shape index (κ2) is 5.16. The number of anilines is 1. The van der Waals surface area contributed by atoms with Crippen molar-refractivity contribution in [1.29, 1.82) is 0 Å². The minimum atomic E-state index is -4.87. The highest BCUT2D eigenvalue weighted by atomic mass is 19.4. The molecule has 1 aromatic heterocycles. The normalized spacial score (nSPS) is 18.6. The van der Waals surface area contributed by atoms with Crippen molar-refractivity contribution in [3.8, 4) is 0 Å². The van der Waals surface area contributed by atoms with Gasteiger partial charge in [-0.05, 0) is 18.6 Å². The van der Waals surface area contributed by atoms with Gasteiger partial charge in [-0.15, -0.1) is 0 Å². The van der Waals surface area contributed by atoms with Gasteiger partial charge in [-0.1, -0.05) is 0 Å². The van der Waals surface area contributed by atoms with Crippen molar-refractivity contribution in [2.45, 2.75) is 31.6 Å². The van der Waals surface area contributed by atoms with Gasteiger partial charge in [0.15, 0.2) is 0 Å². The zero-order valence-electron chi connectivity index (χ0n) is 11.2. The molecule has 1 aliphatic rings. The summed E-state index contributed by atoms with van der Waals surface area (Å²) in [5.74, 6) is -0.736. The molecule has 1 aliphatic heterocycles. The van der Waals surface area contributed by atoms with Gasteiger partial charge in [0, 0.05) is 32.1 Å². The second-order valence-corrected chi connectivity index (χ2v) is 5.12. The van der Waals surface area contributed by atoms with Gasteiger partial charge in [-0.25, -0.2) is 14.2 Å². The summed E-state index contributed by atoms with van der Waals surface area (Å²) in [7, 11) is 0. The first-order valence-corrected chi connectivity index (χ1v) is 6.34. The predicted octanol–water partition coefficient (Wildman–Crippen LogP) is 2.96. The Bertz CT molecular complexity index is 552. The third-order valence-corrected chi connectivity index (χ3v) is 3.66. The van der Waals surface area contributed by atoms with Gasteiger partial charge in [0.25, 0.3) is 0 Å². The number of hydrogen-bond donors (Lipinski definition) is 1. The molecule has 4 nitrogen and oxygen atoms in total. The van der Waals surface area contributed by atoms with E-state index in [1.54, 1.807) is 11.8 Å². The summed E-state index contributed by atoms with van der Waals surface area (Å²) >= 11 is 0. The van der Waals surface area contributed by atoms with E-state index in [9.17, 15) is 22.4 Å². The summed E-state index contributed by atoms with van der Waals surface area (Å²) in [5.41, 5.74) is -2.62. The number of carboxylic acid groups (broad SMARTS) is 1. The number of rotatable bonds is 2. The molecule has 0 spiro atoms. The van der Waals surface area contributed by atoms with Crippen molar-refractivity contribution in [2.24, 2.45) is 0 Å². The number of aromatic nitrogens is 1. The van der Waals surface area contributed by atoms with Gasteiger partial charge in [0.05, 0.1) is 5.56 Å². The lowest BCUT2D eigenvalue weighted by Gasteiger charge is -2.38. The lowest BCUT2D eigenvalue weighted by molar-refractivity contribution is -0.236. The summed E-state index contributed by atoms with van der Waals surface area (Å²) in [6.07, 6.45) is -5.03. The molecule has 1 N–H and O–H groups in total. The predicted molar refractivity (Wildman–Crippen MR) is 67.3 cm³/mol. The monoisotopic (exact) mass is 306 g/mol. The highest BCUT2D eigenvalue weighted by molar-refractivity contribution is 5.87. The molecule has 1 saturated heterocycles. The Labute approximate surface area is 118 Å². The highest BCUT2D eigenvalue weighted by Gasteiger charge is 2.56. The number of nitrogens with zero attached hydrogens (tertiary/aromatic N) is 2. The van der Waals surface area contributed by atoms with Crippen molar-refractivity contribution >= 4 is 11.8 Å². The molecule has 1 fully saturated rings. The average Bonchev–Trinajstić information content (AvgIpc) is 2.38. The number of aromatic carboxylic acids is 1. The van der Waals surface area contributed by atoms with Crippen LogP contribution >= 0.6 is 0 Å². The van der Waals surface area contributed by atoms with Crippen LogP contribution in [0, 0.1) is 6.92 Å². The third kappa shape index (κ3) is 2.93. The lowest BCUT2D eigenvalue weighted by Crippen LogP contribution is -2.50. The molecular weight excluding hydrogens is 292 g/mol. The first-order chi connectivity index (χ1) is 9.64. The zero-order chi connectivity index (χ0) is 15.8. The molecule has 0 unspecified atom stereocenters. The van der Waals surface area contributed by atoms with Crippen LogP contribution in [0.5, 0.6) is 0 Å². The Morgan fingerprint density at radius 2 is 1.95 bits per heavy atom. The van der Waals surface area contributed by atoms with E-state index in [0.29, 0.717) is 11.4 Å². The van der Waals surface area contributed by atoms with Crippen molar-refractivity contribution < 1.29 is 27.5 Å². The Balaban J connectivity index is 2.15. The summed E-state index contributed by atoms with van der Waals surface area (Å²) in [6.45, 7) is 1.39. The lowest BCUT2D eigenvalue weighted by atomic mass is 9.92. The fourth-order valence-corrected chi connectivity index (χ4v) is 2.37. The van der Waals surface area contributed by atoms with Crippen molar-refractivity contribution in [3.63, 3.8) is 0 Å². The van der Waals surface area contributed by atoms with Crippen LogP contribution in [0.2, 0.25) is 0 Å². The fourth-order valence-electron chi connectivity index (χ4n) is 2.37. The molecular formula is C13H14F4N2O2. The van der Waals surface area contributed by atoms with Crippen molar-refractivity contribution in [2.75, 3.05) is 18.0 Å². The van der Waals surface area contributed by atoms with E-state index in [2.05, 4.69) is 4.98 Å². The Morgan fingerprint density at radius 3 is 2.38 bits per heavy atom. The van der Waals surface area contributed by atoms with E-state index in [0.717, 1.165) is 6.20 Å². The quantitative estimate of drug-likeness (QED) is 0.854. The smallest absolute Gasteiger partial charge is 0.422 e. The van der Waals surface area contributed by atoms with Gasteiger partial charge >= 0.3 is 12.1 Å². The molecule has 116 valence electrons. The molecule has 0 bridgehead atoms. The Hall–Kier alpha value is -1.86. The number of halogens is 4. The molecule has 21 heavy (non-hydrogen) atoms. The van der Waals surface area contributed by atoms with E-state index in [1.807, 2.05) is 0 Å².